The summed E-state index contributed by atoms with van der Waals surface area (Å²) in [6.45, 7) is -0.202. The SMILES string of the molecule is O=C(O)Cn1cc(NC(=O)C2CC3C=CC2C3)cn1. The van der Waals surface area contributed by atoms with E-state index in [1.54, 1.807) is 0 Å². The lowest BCUT2D eigenvalue weighted by atomic mass is 9.93. The Bertz CT molecular complexity index is 549. The molecule has 0 saturated heterocycles. The minimum atomic E-state index is -0.959. The highest BCUT2D eigenvalue weighted by molar-refractivity contribution is 5.93. The van der Waals surface area contributed by atoms with E-state index in [1.807, 2.05) is 0 Å². The largest absolute Gasteiger partial charge is 0.480 e. The molecule has 0 spiro atoms. The molecule has 1 fully saturated rings. The number of hydrogen-bond acceptors (Lipinski definition) is 3. The number of nitrogens with zero attached hydrogens (tertiary/aromatic N) is 2. The van der Waals surface area contributed by atoms with E-state index in [9.17, 15) is 9.59 Å². The summed E-state index contributed by atoms with van der Waals surface area (Å²) in [5.41, 5.74) is 0.554. The molecule has 3 rings (SSSR count). The number of nitrogens with one attached hydrogen (secondary N) is 1. The lowest BCUT2D eigenvalue weighted by molar-refractivity contribution is -0.137. The van der Waals surface area contributed by atoms with Crippen LogP contribution in [0, 0.1) is 17.8 Å². The van der Waals surface area contributed by atoms with Crippen molar-refractivity contribution in [3.05, 3.63) is 24.5 Å². The number of allylic oxidation sites excluding steroid dienone is 2. The number of amides is 1. The van der Waals surface area contributed by atoms with Crippen LogP contribution in [-0.2, 0) is 16.1 Å². The molecule has 2 aliphatic rings. The molecule has 1 aromatic rings. The molecule has 0 aliphatic heterocycles. The van der Waals surface area contributed by atoms with Crippen molar-refractivity contribution in [1.29, 1.82) is 0 Å². The third-order valence-electron chi connectivity index (χ3n) is 3.81. The van der Waals surface area contributed by atoms with Gasteiger partial charge in [-0.15, -0.1) is 0 Å². The van der Waals surface area contributed by atoms with Gasteiger partial charge in [0, 0.05) is 12.1 Å². The molecule has 2 aliphatic carbocycles. The Balaban J connectivity index is 1.62. The van der Waals surface area contributed by atoms with Crippen LogP contribution in [0.1, 0.15) is 12.8 Å². The molecule has 19 heavy (non-hydrogen) atoms. The second-order valence-electron chi connectivity index (χ2n) is 5.20. The fourth-order valence-corrected chi connectivity index (χ4v) is 2.97. The lowest BCUT2D eigenvalue weighted by Crippen LogP contribution is -2.25. The summed E-state index contributed by atoms with van der Waals surface area (Å²) in [5, 5.41) is 15.4. The second-order valence-corrected chi connectivity index (χ2v) is 5.20. The average molecular weight is 261 g/mol. The number of carbonyl (C=O) groups is 2. The predicted molar refractivity (Wildman–Crippen MR) is 67.3 cm³/mol. The number of anilines is 1. The number of carboxylic acid groups (broad SMARTS) is 1. The van der Waals surface area contributed by atoms with E-state index < -0.39 is 5.97 Å². The minimum Gasteiger partial charge on any atom is -0.480 e. The summed E-state index contributed by atoms with van der Waals surface area (Å²) in [6, 6.07) is 0. The predicted octanol–water partition coefficient (Wildman–Crippen LogP) is 1.12. The maximum Gasteiger partial charge on any atom is 0.325 e. The van der Waals surface area contributed by atoms with Gasteiger partial charge in [0.2, 0.25) is 5.91 Å². The van der Waals surface area contributed by atoms with Crippen LogP contribution in [-0.4, -0.2) is 26.8 Å². The number of rotatable bonds is 4. The number of carbonyl (C=O) groups excluding carboxylic acids is 1. The summed E-state index contributed by atoms with van der Waals surface area (Å²) in [4.78, 5) is 22.7. The quantitative estimate of drug-likeness (QED) is 0.795. The molecule has 2 bridgehead atoms. The maximum absolute atomic E-state index is 12.1. The highest BCUT2D eigenvalue weighted by Gasteiger charge is 2.39. The lowest BCUT2D eigenvalue weighted by Gasteiger charge is -2.16. The smallest absolute Gasteiger partial charge is 0.325 e. The van der Waals surface area contributed by atoms with Crippen molar-refractivity contribution in [2.24, 2.45) is 17.8 Å². The fraction of sp³-hybridized carbons (Fsp3) is 0.462. The zero-order valence-corrected chi connectivity index (χ0v) is 10.3. The first kappa shape index (κ1) is 12.0. The Labute approximate surface area is 110 Å². The molecule has 3 unspecified atom stereocenters. The number of aliphatic carboxylic acids is 1. The van der Waals surface area contributed by atoms with Crippen LogP contribution in [0.3, 0.4) is 0 Å². The second kappa shape index (κ2) is 4.53. The zero-order chi connectivity index (χ0) is 13.4. The molecule has 1 saturated carbocycles. The zero-order valence-electron chi connectivity index (χ0n) is 10.3. The van der Waals surface area contributed by atoms with Crippen LogP contribution >= 0.6 is 0 Å². The third kappa shape index (κ3) is 2.38. The van der Waals surface area contributed by atoms with Gasteiger partial charge in [0.15, 0.2) is 0 Å². The van der Waals surface area contributed by atoms with Gasteiger partial charge in [0.25, 0.3) is 0 Å². The van der Waals surface area contributed by atoms with E-state index in [0.29, 0.717) is 17.5 Å². The maximum atomic E-state index is 12.1. The third-order valence-corrected chi connectivity index (χ3v) is 3.81. The number of carboxylic acids is 1. The molecule has 6 heteroatoms. The van der Waals surface area contributed by atoms with E-state index in [0.717, 1.165) is 12.8 Å². The van der Waals surface area contributed by atoms with Crippen LogP contribution in [0.2, 0.25) is 0 Å². The monoisotopic (exact) mass is 261 g/mol. The van der Waals surface area contributed by atoms with Crippen molar-refractivity contribution in [2.75, 3.05) is 5.32 Å². The molecular formula is C13H15N3O3. The Morgan fingerprint density at radius 2 is 2.26 bits per heavy atom. The normalized spacial score (nSPS) is 27.7. The highest BCUT2D eigenvalue weighted by atomic mass is 16.4. The molecule has 1 heterocycles. The molecular weight excluding hydrogens is 246 g/mol. The van der Waals surface area contributed by atoms with Crippen molar-refractivity contribution in [1.82, 2.24) is 9.78 Å². The van der Waals surface area contributed by atoms with Gasteiger partial charge in [0.05, 0.1) is 11.9 Å². The first-order valence-corrected chi connectivity index (χ1v) is 6.35. The molecule has 1 aromatic heterocycles. The Kier molecular flexibility index (Phi) is 2.85. The summed E-state index contributed by atoms with van der Waals surface area (Å²) in [5.74, 6) is -0.00156. The van der Waals surface area contributed by atoms with Crippen molar-refractivity contribution in [3.8, 4) is 0 Å². The van der Waals surface area contributed by atoms with Crippen molar-refractivity contribution < 1.29 is 14.7 Å². The van der Waals surface area contributed by atoms with Gasteiger partial charge in [-0.3, -0.25) is 14.3 Å². The Morgan fingerprint density at radius 1 is 1.42 bits per heavy atom. The average Bonchev–Trinajstić information content (AvgIpc) is 3.04. The van der Waals surface area contributed by atoms with E-state index in [1.165, 1.54) is 17.1 Å². The summed E-state index contributed by atoms with van der Waals surface area (Å²) in [6.07, 6.45) is 9.33. The standard InChI is InChI=1S/C13H15N3O3/c17-12(18)7-16-6-10(5-14-16)15-13(19)11-4-8-1-2-9(11)3-8/h1-2,5-6,8-9,11H,3-4,7H2,(H,15,19)(H,17,18). The Morgan fingerprint density at radius 3 is 2.89 bits per heavy atom. The molecule has 1 amide bonds. The molecule has 0 aromatic carbocycles. The van der Waals surface area contributed by atoms with Gasteiger partial charge >= 0.3 is 5.97 Å². The number of hydrogen-bond donors (Lipinski definition) is 2. The van der Waals surface area contributed by atoms with E-state index in [-0.39, 0.29) is 18.4 Å². The van der Waals surface area contributed by atoms with Gasteiger partial charge < -0.3 is 10.4 Å². The Hall–Kier alpha value is -2.11. The van der Waals surface area contributed by atoms with Crippen LogP contribution in [0.5, 0.6) is 0 Å². The molecule has 2 N–H and O–H groups in total. The van der Waals surface area contributed by atoms with Gasteiger partial charge in [-0.25, -0.2) is 0 Å². The van der Waals surface area contributed by atoms with E-state index in [2.05, 4.69) is 22.6 Å². The summed E-state index contributed by atoms with van der Waals surface area (Å²) >= 11 is 0. The van der Waals surface area contributed by atoms with Crippen LogP contribution in [0.25, 0.3) is 0 Å². The molecule has 0 radical (unpaired) electrons. The summed E-state index contributed by atoms with van der Waals surface area (Å²) < 4.78 is 1.29. The van der Waals surface area contributed by atoms with Crippen molar-refractivity contribution in [2.45, 2.75) is 19.4 Å². The van der Waals surface area contributed by atoms with Gasteiger partial charge in [-0.1, -0.05) is 12.2 Å². The molecule has 6 nitrogen and oxygen atoms in total. The number of aromatic nitrogens is 2. The van der Waals surface area contributed by atoms with E-state index in [4.69, 9.17) is 5.11 Å². The van der Waals surface area contributed by atoms with Gasteiger partial charge in [0.1, 0.15) is 6.54 Å². The topological polar surface area (TPSA) is 84.2 Å². The van der Waals surface area contributed by atoms with Gasteiger partial charge in [-0.05, 0) is 24.7 Å². The van der Waals surface area contributed by atoms with Crippen LogP contribution < -0.4 is 5.32 Å². The van der Waals surface area contributed by atoms with E-state index >= 15 is 0 Å². The summed E-state index contributed by atoms with van der Waals surface area (Å²) in [7, 11) is 0. The highest BCUT2D eigenvalue weighted by Crippen LogP contribution is 2.43. The van der Waals surface area contributed by atoms with Crippen molar-refractivity contribution in [3.63, 3.8) is 0 Å². The van der Waals surface area contributed by atoms with Crippen LogP contribution in [0.15, 0.2) is 24.5 Å². The minimum absolute atomic E-state index is 0.00623. The first-order valence-electron chi connectivity index (χ1n) is 6.35. The molecule has 3 atom stereocenters. The van der Waals surface area contributed by atoms with Crippen LogP contribution in [0.4, 0.5) is 5.69 Å². The van der Waals surface area contributed by atoms with Crippen molar-refractivity contribution >= 4 is 17.6 Å². The first-order chi connectivity index (χ1) is 9.11. The number of fused-ring (bicyclic) bond motifs is 2. The molecule has 100 valence electrons. The van der Waals surface area contributed by atoms with Gasteiger partial charge in [-0.2, -0.15) is 5.10 Å². The fourth-order valence-electron chi connectivity index (χ4n) is 2.97.